The van der Waals surface area contributed by atoms with Crippen LogP contribution in [0.25, 0.3) is 0 Å². The van der Waals surface area contributed by atoms with Crippen LogP contribution in [0, 0.1) is 5.92 Å². The fourth-order valence-corrected chi connectivity index (χ4v) is 3.11. The highest BCUT2D eigenvalue weighted by Gasteiger charge is 2.26. The van der Waals surface area contributed by atoms with Crippen molar-refractivity contribution in [3.63, 3.8) is 0 Å². The van der Waals surface area contributed by atoms with Crippen LogP contribution in [0.15, 0.2) is 17.3 Å². The summed E-state index contributed by atoms with van der Waals surface area (Å²) in [6.45, 7) is 2.17. The third-order valence-electron chi connectivity index (χ3n) is 3.64. The number of sulfonamides is 1. The summed E-state index contributed by atoms with van der Waals surface area (Å²) in [6.07, 6.45) is 8.74. The van der Waals surface area contributed by atoms with Gasteiger partial charge in [-0.1, -0.05) is 26.2 Å². The molecule has 2 unspecified atom stereocenters. The molecule has 1 aromatic heterocycles. The molecule has 1 aromatic rings. The summed E-state index contributed by atoms with van der Waals surface area (Å²) in [5.41, 5.74) is 0. The van der Waals surface area contributed by atoms with Gasteiger partial charge in [-0.3, -0.25) is 4.68 Å². The van der Waals surface area contributed by atoms with Crippen molar-refractivity contribution in [2.24, 2.45) is 11.1 Å². The molecule has 96 valence electrons. The summed E-state index contributed by atoms with van der Waals surface area (Å²) in [4.78, 5) is 0.109. The molecule has 1 aliphatic carbocycles. The summed E-state index contributed by atoms with van der Waals surface area (Å²) in [5.74, 6) is 0.594. The largest absolute Gasteiger partial charge is 0.268 e. The zero-order chi connectivity index (χ0) is 12.5. The first-order chi connectivity index (χ1) is 8.02. The predicted molar refractivity (Wildman–Crippen MR) is 64.9 cm³/mol. The van der Waals surface area contributed by atoms with Crippen molar-refractivity contribution >= 4 is 10.0 Å². The fourth-order valence-electron chi connectivity index (χ4n) is 2.66. The Labute approximate surface area is 102 Å². The molecule has 0 aliphatic heterocycles. The quantitative estimate of drug-likeness (QED) is 0.894. The Balaban J connectivity index is 2.24. The van der Waals surface area contributed by atoms with Gasteiger partial charge in [0.15, 0.2) is 0 Å². The predicted octanol–water partition coefficient (Wildman–Crippen LogP) is 1.67. The van der Waals surface area contributed by atoms with Crippen LogP contribution in [0.3, 0.4) is 0 Å². The van der Waals surface area contributed by atoms with Gasteiger partial charge >= 0.3 is 0 Å². The lowest BCUT2D eigenvalue weighted by molar-refractivity contribution is 0.217. The fraction of sp³-hybridized carbons (Fsp3) is 0.727. The lowest BCUT2D eigenvalue weighted by Gasteiger charge is -2.30. The smallest absolute Gasteiger partial charge is 0.241 e. The van der Waals surface area contributed by atoms with Crippen LogP contribution in [0.4, 0.5) is 0 Å². The molecule has 6 heteroatoms. The molecular formula is C11H19N3O2S. The lowest BCUT2D eigenvalue weighted by Crippen LogP contribution is -2.23. The van der Waals surface area contributed by atoms with Crippen molar-refractivity contribution in [2.75, 3.05) is 0 Å². The molecule has 1 saturated carbocycles. The van der Waals surface area contributed by atoms with Gasteiger partial charge in [-0.25, -0.2) is 13.6 Å². The van der Waals surface area contributed by atoms with E-state index < -0.39 is 10.0 Å². The molecule has 0 bridgehead atoms. The van der Waals surface area contributed by atoms with E-state index in [-0.39, 0.29) is 4.90 Å². The highest BCUT2D eigenvalue weighted by Crippen LogP contribution is 2.35. The molecule has 0 amide bonds. The van der Waals surface area contributed by atoms with E-state index in [2.05, 4.69) is 12.0 Å². The van der Waals surface area contributed by atoms with Crippen LogP contribution in [0.2, 0.25) is 0 Å². The van der Waals surface area contributed by atoms with Gasteiger partial charge in [0.1, 0.15) is 4.90 Å². The molecule has 2 N–H and O–H groups in total. The van der Waals surface area contributed by atoms with Gasteiger partial charge < -0.3 is 0 Å². The molecule has 0 spiro atoms. The van der Waals surface area contributed by atoms with Crippen LogP contribution >= 0.6 is 0 Å². The molecule has 1 aliphatic rings. The van der Waals surface area contributed by atoms with Crippen LogP contribution in [-0.4, -0.2) is 18.2 Å². The van der Waals surface area contributed by atoms with Crippen molar-refractivity contribution in [3.05, 3.63) is 12.4 Å². The molecule has 2 rings (SSSR count). The molecule has 17 heavy (non-hydrogen) atoms. The maximum atomic E-state index is 11.2. The monoisotopic (exact) mass is 257 g/mol. The van der Waals surface area contributed by atoms with Crippen LogP contribution in [-0.2, 0) is 10.0 Å². The third kappa shape index (κ3) is 2.69. The highest BCUT2D eigenvalue weighted by molar-refractivity contribution is 7.89. The minimum absolute atomic E-state index is 0.109. The summed E-state index contributed by atoms with van der Waals surface area (Å²) in [6, 6.07) is 0.323. The summed E-state index contributed by atoms with van der Waals surface area (Å²) in [7, 11) is -3.63. The Morgan fingerprint density at radius 2 is 2.18 bits per heavy atom. The number of rotatable bonds is 3. The standard InChI is InChI=1S/C11H19N3O2S/c1-2-9-5-3-4-6-11(9)14-8-10(7-13-14)17(12,15)16/h7-9,11H,2-6H2,1H3,(H2,12,15,16). The Morgan fingerprint density at radius 1 is 1.47 bits per heavy atom. The molecule has 0 aromatic carbocycles. The number of aromatic nitrogens is 2. The number of nitrogens with two attached hydrogens (primary N) is 1. The average molecular weight is 257 g/mol. The molecular weight excluding hydrogens is 238 g/mol. The van der Waals surface area contributed by atoms with Crippen molar-refractivity contribution < 1.29 is 8.42 Å². The number of hydrogen-bond acceptors (Lipinski definition) is 3. The first-order valence-corrected chi connectivity index (χ1v) is 7.64. The minimum atomic E-state index is -3.63. The molecule has 0 radical (unpaired) electrons. The first kappa shape index (κ1) is 12.6. The van der Waals surface area contributed by atoms with E-state index in [0.717, 1.165) is 12.8 Å². The van der Waals surface area contributed by atoms with Crippen LogP contribution < -0.4 is 5.14 Å². The van der Waals surface area contributed by atoms with Gasteiger partial charge in [0.2, 0.25) is 10.0 Å². The SMILES string of the molecule is CCC1CCCCC1n1cc(S(N)(=O)=O)cn1. The Hall–Kier alpha value is -0.880. The highest BCUT2D eigenvalue weighted by atomic mass is 32.2. The maximum absolute atomic E-state index is 11.2. The van der Waals surface area contributed by atoms with Crippen molar-refractivity contribution in [2.45, 2.75) is 50.0 Å². The average Bonchev–Trinajstić information content (AvgIpc) is 2.77. The zero-order valence-corrected chi connectivity index (χ0v) is 10.9. The number of hydrogen-bond donors (Lipinski definition) is 1. The molecule has 1 fully saturated rings. The summed E-state index contributed by atoms with van der Waals surface area (Å²) >= 11 is 0. The van der Waals surface area contributed by atoms with Gasteiger partial charge in [0.05, 0.1) is 12.2 Å². The zero-order valence-electron chi connectivity index (χ0n) is 10.0. The van der Waals surface area contributed by atoms with Gasteiger partial charge in [-0.05, 0) is 18.8 Å². The lowest BCUT2D eigenvalue weighted by atomic mass is 9.83. The van der Waals surface area contributed by atoms with Crippen LogP contribution in [0.1, 0.15) is 45.1 Å². The van der Waals surface area contributed by atoms with Crippen molar-refractivity contribution in [1.82, 2.24) is 9.78 Å². The van der Waals surface area contributed by atoms with Gasteiger partial charge in [0.25, 0.3) is 0 Å². The second-order valence-corrected chi connectivity index (χ2v) is 6.28. The summed E-state index contributed by atoms with van der Waals surface area (Å²) in [5, 5.41) is 9.25. The van der Waals surface area contributed by atoms with E-state index in [4.69, 9.17) is 5.14 Å². The topological polar surface area (TPSA) is 78.0 Å². The minimum Gasteiger partial charge on any atom is -0.268 e. The van der Waals surface area contributed by atoms with Gasteiger partial charge in [-0.2, -0.15) is 5.10 Å². The Morgan fingerprint density at radius 3 is 2.76 bits per heavy atom. The van der Waals surface area contributed by atoms with Gasteiger partial charge in [-0.15, -0.1) is 0 Å². The Kier molecular flexibility index (Phi) is 3.53. The molecule has 0 saturated heterocycles. The maximum Gasteiger partial charge on any atom is 0.241 e. The van der Waals surface area contributed by atoms with E-state index in [1.54, 1.807) is 10.9 Å². The number of primary sulfonamides is 1. The van der Waals surface area contributed by atoms with E-state index in [1.807, 2.05) is 0 Å². The second kappa shape index (κ2) is 4.78. The third-order valence-corrected chi connectivity index (χ3v) is 4.51. The molecule has 2 atom stereocenters. The second-order valence-electron chi connectivity index (χ2n) is 4.72. The normalized spacial score (nSPS) is 26.0. The van der Waals surface area contributed by atoms with E-state index in [1.165, 1.54) is 25.5 Å². The Bertz CT molecular complexity index is 481. The van der Waals surface area contributed by atoms with Gasteiger partial charge in [0, 0.05) is 6.20 Å². The molecule has 1 heterocycles. The molecule has 5 nitrogen and oxygen atoms in total. The number of nitrogens with zero attached hydrogens (tertiary/aromatic N) is 2. The summed E-state index contributed by atoms with van der Waals surface area (Å²) < 4.78 is 24.2. The van der Waals surface area contributed by atoms with Crippen molar-refractivity contribution in [1.29, 1.82) is 0 Å². The van der Waals surface area contributed by atoms with Crippen LogP contribution in [0.5, 0.6) is 0 Å². The van der Waals surface area contributed by atoms with Crippen molar-refractivity contribution in [3.8, 4) is 0 Å². The van der Waals surface area contributed by atoms with E-state index >= 15 is 0 Å². The first-order valence-electron chi connectivity index (χ1n) is 6.09. The van der Waals surface area contributed by atoms with E-state index in [0.29, 0.717) is 12.0 Å². The van der Waals surface area contributed by atoms with E-state index in [9.17, 15) is 8.42 Å².